The van der Waals surface area contributed by atoms with E-state index in [0.29, 0.717) is 18.0 Å². The van der Waals surface area contributed by atoms with Gasteiger partial charge in [0.2, 0.25) is 11.6 Å². The number of benzene rings is 1. The summed E-state index contributed by atoms with van der Waals surface area (Å²) < 4.78 is 5.07. The van der Waals surface area contributed by atoms with Gasteiger partial charge in [0.05, 0.1) is 12.0 Å². The number of nitrogens with zero attached hydrogens (tertiary/aromatic N) is 3. The Hall–Kier alpha value is -2.90. The average molecular weight is 303 g/mol. The van der Waals surface area contributed by atoms with Crippen molar-refractivity contribution in [3.63, 3.8) is 0 Å². The lowest BCUT2D eigenvalue weighted by Gasteiger charge is -2.10. The maximum absolute atomic E-state index is 11.3. The van der Waals surface area contributed by atoms with Gasteiger partial charge >= 0.3 is 5.69 Å². The molecule has 2 N–H and O–H groups in total. The SMILES string of the molecule is CCCNc1ncnc(Nc2ccc(OC)cc2)c1[N+](=O)[O-]. The summed E-state index contributed by atoms with van der Waals surface area (Å²) in [6, 6.07) is 7.02. The van der Waals surface area contributed by atoms with Gasteiger partial charge in [0.25, 0.3) is 0 Å². The Bertz CT molecular complexity index is 645. The Kier molecular flexibility index (Phi) is 5.07. The third-order valence-corrected chi connectivity index (χ3v) is 2.90. The van der Waals surface area contributed by atoms with E-state index < -0.39 is 4.92 Å². The molecule has 0 radical (unpaired) electrons. The van der Waals surface area contributed by atoms with Crippen molar-refractivity contribution in [1.29, 1.82) is 0 Å². The van der Waals surface area contributed by atoms with Crippen LogP contribution in [0.4, 0.5) is 23.0 Å². The molecule has 2 rings (SSSR count). The monoisotopic (exact) mass is 303 g/mol. The number of ether oxygens (including phenoxy) is 1. The largest absolute Gasteiger partial charge is 0.497 e. The van der Waals surface area contributed by atoms with Crippen molar-refractivity contribution in [1.82, 2.24) is 9.97 Å². The fourth-order valence-corrected chi connectivity index (χ4v) is 1.83. The van der Waals surface area contributed by atoms with Crippen LogP contribution in [0.3, 0.4) is 0 Å². The van der Waals surface area contributed by atoms with E-state index in [0.717, 1.165) is 6.42 Å². The minimum Gasteiger partial charge on any atom is -0.497 e. The minimum absolute atomic E-state index is 0.142. The Balaban J connectivity index is 2.30. The molecular weight excluding hydrogens is 286 g/mol. The van der Waals surface area contributed by atoms with Crippen LogP contribution < -0.4 is 15.4 Å². The van der Waals surface area contributed by atoms with Gasteiger partial charge in [-0.1, -0.05) is 6.92 Å². The molecule has 0 saturated carbocycles. The van der Waals surface area contributed by atoms with Crippen LogP contribution in [0.25, 0.3) is 0 Å². The van der Waals surface area contributed by atoms with E-state index in [1.54, 1.807) is 31.4 Å². The van der Waals surface area contributed by atoms with Crippen LogP contribution in [0.5, 0.6) is 5.75 Å². The summed E-state index contributed by atoms with van der Waals surface area (Å²) in [5.74, 6) is 1.05. The molecule has 8 heteroatoms. The average Bonchev–Trinajstić information content (AvgIpc) is 2.53. The summed E-state index contributed by atoms with van der Waals surface area (Å²) in [6.45, 7) is 2.57. The van der Waals surface area contributed by atoms with Gasteiger partial charge < -0.3 is 15.4 Å². The highest BCUT2D eigenvalue weighted by atomic mass is 16.6. The number of nitrogens with one attached hydrogen (secondary N) is 2. The first-order chi connectivity index (χ1) is 10.7. The van der Waals surface area contributed by atoms with Gasteiger partial charge in [0.15, 0.2) is 0 Å². The third kappa shape index (κ3) is 3.60. The van der Waals surface area contributed by atoms with Crippen LogP contribution in [0, 0.1) is 10.1 Å². The number of aromatic nitrogens is 2. The number of anilines is 3. The Morgan fingerprint density at radius 3 is 2.50 bits per heavy atom. The molecule has 0 atom stereocenters. The topological polar surface area (TPSA) is 102 Å². The van der Waals surface area contributed by atoms with E-state index in [2.05, 4.69) is 20.6 Å². The molecule has 8 nitrogen and oxygen atoms in total. The normalized spacial score (nSPS) is 10.1. The van der Waals surface area contributed by atoms with Crippen LogP contribution >= 0.6 is 0 Å². The molecule has 0 aliphatic heterocycles. The molecule has 0 spiro atoms. The van der Waals surface area contributed by atoms with Crippen molar-refractivity contribution >= 4 is 23.0 Å². The predicted octanol–water partition coefficient (Wildman–Crippen LogP) is 2.96. The van der Waals surface area contributed by atoms with Crippen LogP contribution in [0.2, 0.25) is 0 Å². The van der Waals surface area contributed by atoms with Gasteiger partial charge in [0.1, 0.15) is 12.1 Å². The van der Waals surface area contributed by atoms with Gasteiger partial charge in [-0.25, -0.2) is 9.97 Å². The molecular formula is C14H17N5O3. The first-order valence-corrected chi connectivity index (χ1v) is 6.80. The molecule has 1 heterocycles. The van der Waals surface area contributed by atoms with E-state index in [1.165, 1.54) is 6.33 Å². The van der Waals surface area contributed by atoms with Crippen LogP contribution in [0.1, 0.15) is 13.3 Å². The van der Waals surface area contributed by atoms with Gasteiger partial charge in [0, 0.05) is 12.2 Å². The maximum Gasteiger partial charge on any atom is 0.353 e. The van der Waals surface area contributed by atoms with Crippen molar-refractivity contribution in [2.75, 3.05) is 24.3 Å². The zero-order valence-corrected chi connectivity index (χ0v) is 12.4. The zero-order valence-electron chi connectivity index (χ0n) is 12.4. The second kappa shape index (κ2) is 7.21. The van der Waals surface area contributed by atoms with Gasteiger partial charge in [-0.15, -0.1) is 0 Å². The predicted molar refractivity (Wildman–Crippen MR) is 83.7 cm³/mol. The summed E-state index contributed by atoms with van der Waals surface area (Å²) in [5, 5.41) is 17.2. The molecule has 22 heavy (non-hydrogen) atoms. The van der Waals surface area contributed by atoms with E-state index in [9.17, 15) is 10.1 Å². The lowest BCUT2D eigenvalue weighted by Crippen LogP contribution is -2.08. The fraction of sp³-hybridized carbons (Fsp3) is 0.286. The zero-order chi connectivity index (χ0) is 15.9. The lowest BCUT2D eigenvalue weighted by molar-refractivity contribution is -0.383. The molecule has 1 aromatic heterocycles. The van der Waals surface area contributed by atoms with Crippen LogP contribution in [0.15, 0.2) is 30.6 Å². The molecule has 0 aliphatic rings. The van der Waals surface area contributed by atoms with Gasteiger partial charge in [-0.3, -0.25) is 10.1 Å². The molecule has 0 amide bonds. The summed E-state index contributed by atoms with van der Waals surface area (Å²) in [7, 11) is 1.57. The van der Waals surface area contributed by atoms with E-state index >= 15 is 0 Å². The van der Waals surface area contributed by atoms with Crippen molar-refractivity contribution < 1.29 is 9.66 Å². The summed E-state index contributed by atoms with van der Waals surface area (Å²) in [6.07, 6.45) is 2.12. The van der Waals surface area contributed by atoms with E-state index in [1.807, 2.05) is 6.92 Å². The highest BCUT2D eigenvalue weighted by Gasteiger charge is 2.22. The second-order valence-corrected chi connectivity index (χ2v) is 4.46. The van der Waals surface area contributed by atoms with Crippen molar-refractivity contribution in [3.8, 4) is 5.75 Å². The third-order valence-electron chi connectivity index (χ3n) is 2.90. The van der Waals surface area contributed by atoms with Crippen LogP contribution in [-0.2, 0) is 0 Å². The first-order valence-electron chi connectivity index (χ1n) is 6.80. The number of hydrogen-bond donors (Lipinski definition) is 2. The van der Waals surface area contributed by atoms with Gasteiger partial charge in [-0.2, -0.15) is 0 Å². The van der Waals surface area contributed by atoms with Crippen LogP contribution in [-0.4, -0.2) is 28.5 Å². The number of nitro groups is 1. The van der Waals surface area contributed by atoms with Crippen molar-refractivity contribution in [3.05, 3.63) is 40.7 Å². The number of methoxy groups -OCH3 is 1. The molecule has 0 saturated heterocycles. The Morgan fingerprint density at radius 2 is 1.91 bits per heavy atom. The molecule has 0 unspecified atom stereocenters. The Morgan fingerprint density at radius 1 is 1.23 bits per heavy atom. The van der Waals surface area contributed by atoms with E-state index in [4.69, 9.17) is 4.74 Å². The fourth-order valence-electron chi connectivity index (χ4n) is 1.83. The summed E-state index contributed by atoms with van der Waals surface area (Å²) >= 11 is 0. The summed E-state index contributed by atoms with van der Waals surface area (Å²) in [5.41, 5.74) is 0.496. The van der Waals surface area contributed by atoms with Crippen molar-refractivity contribution in [2.24, 2.45) is 0 Å². The molecule has 0 bridgehead atoms. The minimum atomic E-state index is -0.496. The molecule has 2 aromatic rings. The summed E-state index contributed by atoms with van der Waals surface area (Å²) in [4.78, 5) is 18.7. The van der Waals surface area contributed by atoms with E-state index in [-0.39, 0.29) is 17.3 Å². The molecule has 1 aromatic carbocycles. The molecule has 0 fully saturated rings. The van der Waals surface area contributed by atoms with Gasteiger partial charge in [-0.05, 0) is 30.7 Å². The second-order valence-electron chi connectivity index (χ2n) is 4.46. The number of rotatable bonds is 7. The van der Waals surface area contributed by atoms with Crippen molar-refractivity contribution in [2.45, 2.75) is 13.3 Å². The maximum atomic E-state index is 11.3. The first kappa shape index (κ1) is 15.5. The lowest BCUT2D eigenvalue weighted by atomic mass is 10.3. The Labute approximate surface area is 127 Å². The quantitative estimate of drug-likeness (QED) is 0.598. The molecule has 116 valence electrons. The standard InChI is InChI=1S/C14H17N5O3/c1-3-8-15-13-12(19(20)21)14(17-9-16-13)18-10-4-6-11(22-2)7-5-10/h4-7,9H,3,8H2,1-2H3,(H2,15,16,17,18). The number of hydrogen-bond acceptors (Lipinski definition) is 7. The smallest absolute Gasteiger partial charge is 0.353 e. The highest BCUT2D eigenvalue weighted by Crippen LogP contribution is 2.31. The highest BCUT2D eigenvalue weighted by molar-refractivity contribution is 5.73. The molecule has 0 aliphatic carbocycles.